The SMILES string of the molecule is CC(C)(C)C(=O)CNC(=O)Nc1ccc(F)cc1. The zero-order chi connectivity index (χ0) is 13.8. The molecule has 0 aliphatic rings. The molecule has 0 atom stereocenters. The Hall–Kier alpha value is -1.91. The predicted octanol–water partition coefficient (Wildman–Crippen LogP) is 2.56. The number of hydrogen-bond donors (Lipinski definition) is 2. The largest absolute Gasteiger partial charge is 0.331 e. The van der Waals surface area contributed by atoms with Crippen LogP contribution in [0.3, 0.4) is 0 Å². The van der Waals surface area contributed by atoms with Crippen LogP contribution >= 0.6 is 0 Å². The Morgan fingerprint density at radius 2 is 1.72 bits per heavy atom. The Labute approximate surface area is 106 Å². The van der Waals surface area contributed by atoms with Crippen LogP contribution in [0.5, 0.6) is 0 Å². The second kappa shape index (κ2) is 5.62. The van der Waals surface area contributed by atoms with E-state index in [0.717, 1.165) is 0 Å². The van der Waals surface area contributed by atoms with Crippen LogP contribution in [0.2, 0.25) is 0 Å². The molecule has 5 heteroatoms. The van der Waals surface area contributed by atoms with E-state index < -0.39 is 11.4 Å². The number of urea groups is 1. The molecule has 0 aromatic heterocycles. The van der Waals surface area contributed by atoms with E-state index in [1.807, 2.05) is 0 Å². The van der Waals surface area contributed by atoms with Gasteiger partial charge in [-0.2, -0.15) is 0 Å². The fourth-order valence-electron chi connectivity index (χ4n) is 1.13. The second-order valence-electron chi connectivity index (χ2n) is 4.99. The lowest BCUT2D eigenvalue weighted by Gasteiger charge is -2.16. The highest BCUT2D eigenvalue weighted by Crippen LogP contribution is 2.13. The third-order valence-corrected chi connectivity index (χ3v) is 2.35. The molecule has 1 aromatic rings. The van der Waals surface area contributed by atoms with Gasteiger partial charge >= 0.3 is 6.03 Å². The number of amides is 2. The fraction of sp³-hybridized carbons (Fsp3) is 0.385. The molecule has 18 heavy (non-hydrogen) atoms. The molecule has 0 saturated carbocycles. The van der Waals surface area contributed by atoms with E-state index in [9.17, 15) is 14.0 Å². The van der Waals surface area contributed by atoms with Gasteiger partial charge in [0.2, 0.25) is 0 Å². The van der Waals surface area contributed by atoms with E-state index in [4.69, 9.17) is 0 Å². The van der Waals surface area contributed by atoms with Crippen LogP contribution in [-0.4, -0.2) is 18.4 Å². The lowest BCUT2D eigenvalue weighted by molar-refractivity contribution is -0.125. The maximum atomic E-state index is 12.6. The van der Waals surface area contributed by atoms with E-state index >= 15 is 0 Å². The third-order valence-electron chi connectivity index (χ3n) is 2.35. The van der Waals surface area contributed by atoms with Crippen LogP contribution in [0.4, 0.5) is 14.9 Å². The summed E-state index contributed by atoms with van der Waals surface area (Å²) >= 11 is 0. The van der Waals surface area contributed by atoms with Crippen molar-refractivity contribution >= 4 is 17.5 Å². The fourth-order valence-corrected chi connectivity index (χ4v) is 1.13. The van der Waals surface area contributed by atoms with Gasteiger partial charge in [-0.25, -0.2) is 9.18 Å². The summed E-state index contributed by atoms with van der Waals surface area (Å²) in [6, 6.07) is 4.89. The summed E-state index contributed by atoms with van der Waals surface area (Å²) in [6.07, 6.45) is 0. The number of ketones is 1. The van der Waals surface area contributed by atoms with Crippen molar-refractivity contribution in [3.63, 3.8) is 0 Å². The maximum absolute atomic E-state index is 12.6. The molecule has 0 bridgehead atoms. The topological polar surface area (TPSA) is 58.2 Å². The van der Waals surface area contributed by atoms with Gasteiger partial charge in [-0.1, -0.05) is 20.8 Å². The standard InChI is InChI=1S/C13H17FN2O2/c1-13(2,3)11(17)8-15-12(18)16-10-6-4-9(14)5-7-10/h4-7H,8H2,1-3H3,(H2,15,16,18). The highest BCUT2D eigenvalue weighted by Gasteiger charge is 2.21. The van der Waals surface area contributed by atoms with Gasteiger partial charge in [-0.15, -0.1) is 0 Å². The van der Waals surface area contributed by atoms with Gasteiger partial charge in [0.05, 0.1) is 6.54 Å². The summed E-state index contributed by atoms with van der Waals surface area (Å²) in [5.41, 5.74) is -0.0134. The van der Waals surface area contributed by atoms with E-state index in [1.165, 1.54) is 24.3 Å². The van der Waals surface area contributed by atoms with Gasteiger partial charge in [-0.05, 0) is 24.3 Å². The Balaban J connectivity index is 2.43. The Morgan fingerprint density at radius 3 is 2.22 bits per heavy atom. The van der Waals surface area contributed by atoms with Crippen molar-refractivity contribution in [1.82, 2.24) is 5.32 Å². The number of rotatable bonds is 3. The lowest BCUT2D eigenvalue weighted by atomic mass is 9.91. The van der Waals surface area contributed by atoms with E-state index in [2.05, 4.69) is 10.6 Å². The van der Waals surface area contributed by atoms with Crippen molar-refractivity contribution in [2.75, 3.05) is 11.9 Å². The molecule has 0 aliphatic carbocycles. The monoisotopic (exact) mass is 252 g/mol. The first-order valence-corrected chi connectivity index (χ1v) is 5.63. The molecule has 0 spiro atoms. The lowest BCUT2D eigenvalue weighted by Crippen LogP contribution is -2.37. The summed E-state index contributed by atoms with van der Waals surface area (Å²) in [5, 5.41) is 4.97. The molecule has 0 saturated heterocycles. The first-order valence-electron chi connectivity index (χ1n) is 5.63. The average Bonchev–Trinajstić information content (AvgIpc) is 2.28. The summed E-state index contributed by atoms with van der Waals surface area (Å²) in [7, 11) is 0. The number of benzene rings is 1. The Kier molecular flexibility index (Phi) is 4.42. The molecule has 0 unspecified atom stereocenters. The minimum absolute atomic E-state index is 0.0312. The number of halogens is 1. The Bertz CT molecular complexity index is 435. The van der Waals surface area contributed by atoms with Crippen LogP contribution in [0.15, 0.2) is 24.3 Å². The van der Waals surface area contributed by atoms with Gasteiger partial charge in [-0.3, -0.25) is 4.79 Å². The summed E-state index contributed by atoms with van der Waals surface area (Å²) in [6.45, 7) is 5.33. The number of hydrogen-bond acceptors (Lipinski definition) is 2. The number of Topliss-reactive ketones (excluding diaryl/α,β-unsaturated/α-hetero) is 1. The van der Waals surface area contributed by atoms with Crippen LogP contribution < -0.4 is 10.6 Å². The highest BCUT2D eigenvalue weighted by molar-refractivity contribution is 5.94. The third kappa shape index (κ3) is 4.53. The molecule has 2 amide bonds. The first kappa shape index (κ1) is 14.2. The van der Waals surface area contributed by atoms with Crippen molar-refractivity contribution in [3.05, 3.63) is 30.1 Å². The Morgan fingerprint density at radius 1 is 1.17 bits per heavy atom. The first-order chi connectivity index (χ1) is 8.29. The molecule has 0 radical (unpaired) electrons. The van der Waals surface area contributed by atoms with Crippen molar-refractivity contribution in [2.24, 2.45) is 5.41 Å². The van der Waals surface area contributed by atoms with Crippen molar-refractivity contribution in [3.8, 4) is 0 Å². The van der Waals surface area contributed by atoms with Crippen molar-refractivity contribution in [2.45, 2.75) is 20.8 Å². The highest BCUT2D eigenvalue weighted by atomic mass is 19.1. The molecule has 4 nitrogen and oxygen atoms in total. The maximum Gasteiger partial charge on any atom is 0.319 e. The normalized spacial score (nSPS) is 10.9. The number of carbonyl (C=O) groups excluding carboxylic acids is 2. The van der Waals surface area contributed by atoms with E-state index in [1.54, 1.807) is 20.8 Å². The molecule has 1 aromatic carbocycles. The number of nitrogens with one attached hydrogen (secondary N) is 2. The molecule has 0 heterocycles. The van der Waals surface area contributed by atoms with E-state index in [-0.39, 0.29) is 18.1 Å². The summed E-state index contributed by atoms with van der Waals surface area (Å²) in [4.78, 5) is 23.0. The molecular formula is C13H17FN2O2. The molecule has 1 rings (SSSR count). The van der Waals surface area contributed by atoms with Crippen molar-refractivity contribution < 1.29 is 14.0 Å². The van der Waals surface area contributed by atoms with Gasteiger partial charge < -0.3 is 10.6 Å². The minimum atomic E-state index is -0.487. The van der Waals surface area contributed by atoms with Gasteiger partial charge in [0.1, 0.15) is 5.82 Å². The molecule has 0 aliphatic heterocycles. The molecular weight excluding hydrogens is 235 g/mol. The van der Waals surface area contributed by atoms with Gasteiger partial charge in [0.15, 0.2) is 5.78 Å². The van der Waals surface area contributed by atoms with Crippen LogP contribution in [0, 0.1) is 11.2 Å². The second-order valence-corrected chi connectivity index (χ2v) is 4.99. The van der Waals surface area contributed by atoms with Crippen LogP contribution in [-0.2, 0) is 4.79 Å². The quantitative estimate of drug-likeness (QED) is 0.868. The van der Waals surface area contributed by atoms with Crippen LogP contribution in [0.1, 0.15) is 20.8 Å². The zero-order valence-corrected chi connectivity index (χ0v) is 10.7. The van der Waals surface area contributed by atoms with Crippen molar-refractivity contribution in [1.29, 1.82) is 0 Å². The summed E-state index contributed by atoms with van der Waals surface area (Å²) in [5.74, 6) is -0.430. The van der Waals surface area contributed by atoms with E-state index in [0.29, 0.717) is 5.69 Å². The van der Waals surface area contributed by atoms with Gasteiger partial charge in [0.25, 0.3) is 0 Å². The average molecular weight is 252 g/mol. The smallest absolute Gasteiger partial charge is 0.319 e. The summed E-state index contributed by atoms with van der Waals surface area (Å²) < 4.78 is 12.6. The number of anilines is 1. The van der Waals surface area contributed by atoms with Gasteiger partial charge in [0, 0.05) is 11.1 Å². The van der Waals surface area contributed by atoms with Crippen LogP contribution in [0.25, 0.3) is 0 Å². The predicted molar refractivity (Wildman–Crippen MR) is 67.9 cm³/mol. The molecule has 2 N–H and O–H groups in total. The minimum Gasteiger partial charge on any atom is -0.331 e. The molecule has 0 fully saturated rings. The molecule has 98 valence electrons. The zero-order valence-electron chi connectivity index (χ0n) is 10.7. The number of carbonyl (C=O) groups is 2.